The fourth-order valence-corrected chi connectivity index (χ4v) is 4.73. The molecule has 3 aromatic rings. The van der Waals surface area contributed by atoms with Crippen molar-refractivity contribution in [2.75, 3.05) is 56.2 Å². The Hall–Kier alpha value is -3.32. The van der Waals surface area contributed by atoms with Gasteiger partial charge in [0.1, 0.15) is 11.5 Å². The van der Waals surface area contributed by atoms with Crippen LogP contribution in [0.3, 0.4) is 0 Å². The zero-order valence-corrected chi connectivity index (χ0v) is 20.1. The number of benzene rings is 2. The Morgan fingerprint density at radius 1 is 0.853 bits per heavy atom. The van der Waals surface area contributed by atoms with Crippen LogP contribution in [0, 0.1) is 0 Å². The number of rotatable bonds is 7. The van der Waals surface area contributed by atoms with Crippen molar-refractivity contribution in [3.8, 4) is 11.5 Å². The number of ether oxygens (including phenoxy) is 2. The summed E-state index contributed by atoms with van der Waals surface area (Å²) in [6.07, 6.45) is 3.01. The highest BCUT2D eigenvalue weighted by atomic mass is 16.5. The first-order valence-corrected chi connectivity index (χ1v) is 12.1. The average molecular weight is 460 g/mol. The largest absolute Gasteiger partial charge is 0.497 e. The summed E-state index contributed by atoms with van der Waals surface area (Å²) in [6.45, 7) is 9.32. The van der Waals surface area contributed by atoms with Crippen molar-refractivity contribution in [2.45, 2.75) is 26.4 Å². The number of anilines is 2. The number of aromatic nitrogens is 2. The SMILES string of the molecule is CCOc1ccc(CN2CCc3nc(N4CCN(c5ccc(OC)cc5)CC4)ncc3C2)cc1. The van der Waals surface area contributed by atoms with Crippen molar-refractivity contribution >= 4 is 11.6 Å². The van der Waals surface area contributed by atoms with Crippen molar-refractivity contribution in [3.63, 3.8) is 0 Å². The zero-order chi connectivity index (χ0) is 23.3. The smallest absolute Gasteiger partial charge is 0.225 e. The Bertz CT molecular complexity index is 1080. The fourth-order valence-electron chi connectivity index (χ4n) is 4.73. The third-order valence-corrected chi connectivity index (χ3v) is 6.64. The van der Waals surface area contributed by atoms with Gasteiger partial charge in [-0.05, 0) is 48.9 Å². The van der Waals surface area contributed by atoms with Crippen LogP contribution in [0.2, 0.25) is 0 Å². The molecular formula is C27H33N5O2. The van der Waals surface area contributed by atoms with Crippen LogP contribution in [0.5, 0.6) is 11.5 Å². The van der Waals surface area contributed by atoms with Crippen molar-refractivity contribution in [3.05, 3.63) is 71.5 Å². The number of hydrogen-bond donors (Lipinski definition) is 0. The number of hydrogen-bond acceptors (Lipinski definition) is 7. The summed E-state index contributed by atoms with van der Waals surface area (Å²) >= 11 is 0. The lowest BCUT2D eigenvalue weighted by Crippen LogP contribution is -2.47. The van der Waals surface area contributed by atoms with Gasteiger partial charge in [-0.1, -0.05) is 12.1 Å². The molecule has 0 aliphatic carbocycles. The minimum Gasteiger partial charge on any atom is -0.497 e. The molecule has 2 aliphatic heterocycles. The topological polar surface area (TPSA) is 54.0 Å². The van der Waals surface area contributed by atoms with E-state index >= 15 is 0 Å². The quantitative estimate of drug-likeness (QED) is 0.533. The van der Waals surface area contributed by atoms with Crippen molar-refractivity contribution < 1.29 is 9.47 Å². The van der Waals surface area contributed by atoms with Crippen LogP contribution in [-0.2, 0) is 19.5 Å². The van der Waals surface area contributed by atoms with E-state index in [0.29, 0.717) is 6.61 Å². The summed E-state index contributed by atoms with van der Waals surface area (Å²) in [6, 6.07) is 16.7. The number of fused-ring (bicyclic) bond motifs is 1. The minimum atomic E-state index is 0.697. The Morgan fingerprint density at radius 3 is 2.26 bits per heavy atom. The summed E-state index contributed by atoms with van der Waals surface area (Å²) in [5, 5.41) is 0. The second kappa shape index (κ2) is 10.3. The Morgan fingerprint density at radius 2 is 1.56 bits per heavy atom. The number of nitrogens with zero attached hydrogens (tertiary/aromatic N) is 5. The lowest BCUT2D eigenvalue weighted by Gasteiger charge is -2.36. The van der Waals surface area contributed by atoms with Gasteiger partial charge in [-0.15, -0.1) is 0 Å². The van der Waals surface area contributed by atoms with Gasteiger partial charge in [0.25, 0.3) is 0 Å². The normalized spacial score (nSPS) is 16.3. The molecule has 0 unspecified atom stereocenters. The molecule has 1 aromatic heterocycles. The van der Waals surface area contributed by atoms with E-state index < -0.39 is 0 Å². The van der Waals surface area contributed by atoms with E-state index in [9.17, 15) is 0 Å². The molecule has 1 fully saturated rings. The van der Waals surface area contributed by atoms with E-state index in [1.54, 1.807) is 7.11 Å². The third kappa shape index (κ3) is 5.09. The molecule has 0 atom stereocenters. The van der Waals surface area contributed by atoms with Gasteiger partial charge in [-0.3, -0.25) is 4.90 Å². The highest BCUT2D eigenvalue weighted by Crippen LogP contribution is 2.24. The summed E-state index contributed by atoms with van der Waals surface area (Å²) in [5.41, 5.74) is 4.99. The van der Waals surface area contributed by atoms with E-state index in [2.05, 4.69) is 51.1 Å². The molecule has 7 heteroatoms. The van der Waals surface area contributed by atoms with Gasteiger partial charge in [0.05, 0.1) is 19.4 Å². The van der Waals surface area contributed by atoms with Gasteiger partial charge in [-0.2, -0.15) is 0 Å². The van der Waals surface area contributed by atoms with Gasteiger partial charge >= 0.3 is 0 Å². The number of methoxy groups -OCH3 is 1. The second-order valence-electron chi connectivity index (χ2n) is 8.85. The standard InChI is InChI=1S/C27H33N5O2/c1-3-34-25-8-4-21(5-9-25)19-30-13-12-26-22(20-30)18-28-27(29-26)32-16-14-31(15-17-32)23-6-10-24(33-2)11-7-23/h4-11,18H,3,12-17,19-20H2,1-2H3. The van der Waals surface area contributed by atoms with Crippen molar-refractivity contribution in [1.82, 2.24) is 14.9 Å². The molecule has 2 aliphatic rings. The molecule has 34 heavy (non-hydrogen) atoms. The molecule has 2 aromatic carbocycles. The molecule has 3 heterocycles. The maximum Gasteiger partial charge on any atom is 0.225 e. The molecule has 0 radical (unpaired) electrons. The van der Waals surface area contributed by atoms with E-state index in [-0.39, 0.29) is 0 Å². The number of piperazine rings is 1. The monoisotopic (exact) mass is 459 g/mol. The van der Waals surface area contributed by atoms with Crippen LogP contribution in [-0.4, -0.2) is 61.3 Å². The third-order valence-electron chi connectivity index (χ3n) is 6.64. The summed E-state index contributed by atoms with van der Waals surface area (Å²) in [4.78, 5) is 16.9. The molecule has 1 saturated heterocycles. The van der Waals surface area contributed by atoms with Crippen molar-refractivity contribution in [1.29, 1.82) is 0 Å². The molecule has 178 valence electrons. The molecule has 5 rings (SSSR count). The van der Waals surface area contributed by atoms with Gasteiger partial charge in [0.2, 0.25) is 5.95 Å². The predicted octanol–water partition coefficient (Wildman–Crippen LogP) is 3.77. The van der Waals surface area contributed by atoms with Gasteiger partial charge in [0.15, 0.2) is 0 Å². The molecule has 0 N–H and O–H groups in total. The highest BCUT2D eigenvalue weighted by Gasteiger charge is 2.23. The zero-order valence-electron chi connectivity index (χ0n) is 20.1. The first-order valence-electron chi connectivity index (χ1n) is 12.1. The molecule has 0 bridgehead atoms. The van der Waals surface area contributed by atoms with Crippen LogP contribution in [0.15, 0.2) is 54.7 Å². The van der Waals surface area contributed by atoms with E-state index in [4.69, 9.17) is 19.4 Å². The van der Waals surface area contributed by atoms with Gasteiger partial charge in [-0.25, -0.2) is 9.97 Å². The van der Waals surface area contributed by atoms with Crippen LogP contribution in [0.25, 0.3) is 0 Å². The van der Waals surface area contributed by atoms with Crippen molar-refractivity contribution in [2.24, 2.45) is 0 Å². The molecule has 0 spiro atoms. The summed E-state index contributed by atoms with van der Waals surface area (Å²) in [7, 11) is 1.70. The van der Waals surface area contributed by atoms with Crippen LogP contribution in [0.1, 0.15) is 23.7 Å². The molecule has 0 amide bonds. The first kappa shape index (κ1) is 22.5. The van der Waals surface area contributed by atoms with Crippen LogP contribution in [0.4, 0.5) is 11.6 Å². The van der Waals surface area contributed by atoms with E-state index in [0.717, 1.165) is 69.7 Å². The minimum absolute atomic E-state index is 0.697. The maximum absolute atomic E-state index is 5.55. The first-order chi connectivity index (χ1) is 16.7. The Labute approximate surface area is 201 Å². The summed E-state index contributed by atoms with van der Waals surface area (Å²) in [5.74, 6) is 2.69. The highest BCUT2D eigenvalue weighted by molar-refractivity contribution is 5.51. The van der Waals surface area contributed by atoms with Crippen LogP contribution < -0.4 is 19.3 Å². The fraction of sp³-hybridized carbons (Fsp3) is 0.407. The Kier molecular flexibility index (Phi) is 6.81. The van der Waals surface area contributed by atoms with Gasteiger partial charge in [0, 0.05) is 69.7 Å². The molecular weight excluding hydrogens is 426 g/mol. The molecule has 7 nitrogen and oxygen atoms in total. The summed E-state index contributed by atoms with van der Waals surface area (Å²) < 4.78 is 10.8. The van der Waals surface area contributed by atoms with E-state index in [1.807, 2.05) is 25.3 Å². The van der Waals surface area contributed by atoms with E-state index in [1.165, 1.54) is 22.5 Å². The predicted molar refractivity (Wildman–Crippen MR) is 135 cm³/mol. The Balaban J connectivity index is 1.17. The molecule has 0 saturated carbocycles. The lowest BCUT2D eigenvalue weighted by molar-refractivity contribution is 0.242. The van der Waals surface area contributed by atoms with Gasteiger partial charge < -0.3 is 19.3 Å². The average Bonchev–Trinajstić information content (AvgIpc) is 2.90. The maximum atomic E-state index is 5.55. The lowest BCUT2D eigenvalue weighted by atomic mass is 10.1. The van der Waals surface area contributed by atoms with Crippen LogP contribution >= 0.6 is 0 Å². The second-order valence-corrected chi connectivity index (χ2v) is 8.85.